The monoisotopic (exact) mass is 240 g/mol. The first-order valence-corrected chi connectivity index (χ1v) is 4.95. The maximum atomic E-state index is 13.8. The summed E-state index contributed by atoms with van der Waals surface area (Å²) in [7, 11) is 0. The topological polar surface area (TPSA) is 21.8 Å². The lowest BCUT2D eigenvalue weighted by Gasteiger charge is -2.34. The van der Waals surface area contributed by atoms with Gasteiger partial charge < -0.3 is 9.47 Å². The van der Waals surface area contributed by atoms with E-state index in [1.165, 1.54) is 0 Å². The third-order valence-electron chi connectivity index (χ3n) is 3.33. The molecular formula is C10H12F4O2. The van der Waals surface area contributed by atoms with Crippen molar-refractivity contribution >= 4 is 0 Å². The van der Waals surface area contributed by atoms with Crippen molar-refractivity contribution in [2.75, 3.05) is 6.61 Å². The zero-order valence-electron chi connectivity index (χ0n) is 8.68. The highest BCUT2D eigenvalue weighted by Gasteiger charge is 2.82. The van der Waals surface area contributed by atoms with E-state index in [0.717, 1.165) is 13.2 Å². The Labute approximate surface area is 90.2 Å². The highest BCUT2D eigenvalue weighted by atomic mass is 19.3. The number of epoxide rings is 1. The van der Waals surface area contributed by atoms with Crippen LogP contribution in [0, 0.1) is 5.92 Å². The fourth-order valence-corrected chi connectivity index (χ4v) is 2.30. The van der Waals surface area contributed by atoms with Crippen LogP contribution >= 0.6 is 0 Å². The second kappa shape index (κ2) is 3.12. The highest BCUT2D eigenvalue weighted by molar-refractivity contribution is 5.18. The van der Waals surface area contributed by atoms with Crippen LogP contribution in [-0.4, -0.2) is 30.2 Å². The van der Waals surface area contributed by atoms with Crippen molar-refractivity contribution in [3.63, 3.8) is 0 Å². The van der Waals surface area contributed by atoms with Crippen LogP contribution in [0.25, 0.3) is 0 Å². The third-order valence-corrected chi connectivity index (χ3v) is 3.33. The van der Waals surface area contributed by atoms with Gasteiger partial charge in [0, 0.05) is 12.3 Å². The molecule has 1 saturated carbocycles. The Kier molecular flexibility index (Phi) is 2.28. The summed E-state index contributed by atoms with van der Waals surface area (Å²) in [5, 5.41) is 0. The molecular weight excluding hydrogens is 228 g/mol. The summed E-state index contributed by atoms with van der Waals surface area (Å²) in [6.07, 6.45) is -0.635. The number of hydrogen-bond donors (Lipinski definition) is 0. The van der Waals surface area contributed by atoms with Crippen molar-refractivity contribution in [3.05, 3.63) is 12.8 Å². The molecule has 1 saturated heterocycles. The molecule has 1 aliphatic carbocycles. The smallest absolute Gasteiger partial charge is 0.351 e. The van der Waals surface area contributed by atoms with Crippen LogP contribution in [0.3, 0.4) is 0 Å². The molecule has 1 heterocycles. The van der Waals surface area contributed by atoms with E-state index in [4.69, 9.17) is 9.47 Å². The average Bonchev–Trinajstić information content (AvgIpc) is 2.96. The Bertz CT molecular complexity index is 314. The van der Waals surface area contributed by atoms with Crippen LogP contribution in [0.1, 0.15) is 13.3 Å². The molecule has 3 atom stereocenters. The van der Waals surface area contributed by atoms with E-state index in [0.29, 0.717) is 0 Å². The van der Waals surface area contributed by atoms with E-state index >= 15 is 0 Å². The lowest BCUT2D eigenvalue weighted by molar-refractivity contribution is -0.267. The summed E-state index contributed by atoms with van der Waals surface area (Å²) in [4.78, 5) is 0. The largest absolute Gasteiger partial charge is 0.486 e. The molecule has 0 spiro atoms. The predicted molar refractivity (Wildman–Crippen MR) is 47.4 cm³/mol. The normalized spacial score (nSPS) is 44.1. The standard InChI is InChI=1S/C10H12F4O2/c1-3-16-8(7-5-15-7)4-6(2)9(11,12)10(8,13)14/h3,6-7H,1,4-5H2,2H3. The molecule has 3 unspecified atom stereocenters. The second-order valence-electron chi connectivity index (χ2n) is 4.30. The number of alkyl halides is 4. The Morgan fingerprint density at radius 3 is 2.25 bits per heavy atom. The third kappa shape index (κ3) is 1.16. The van der Waals surface area contributed by atoms with Gasteiger partial charge in [-0.05, 0) is 0 Å². The van der Waals surface area contributed by atoms with Crippen LogP contribution in [0.15, 0.2) is 12.8 Å². The first kappa shape index (κ1) is 11.7. The van der Waals surface area contributed by atoms with Crippen molar-refractivity contribution < 1.29 is 27.0 Å². The van der Waals surface area contributed by atoms with Gasteiger partial charge in [-0.1, -0.05) is 13.5 Å². The van der Waals surface area contributed by atoms with Crippen LogP contribution in [0.4, 0.5) is 17.6 Å². The van der Waals surface area contributed by atoms with Gasteiger partial charge in [-0.3, -0.25) is 0 Å². The van der Waals surface area contributed by atoms with Crippen molar-refractivity contribution in [2.24, 2.45) is 5.92 Å². The highest BCUT2D eigenvalue weighted by Crippen LogP contribution is 2.61. The summed E-state index contributed by atoms with van der Waals surface area (Å²) in [5.74, 6) is -9.77. The number of halogens is 4. The van der Waals surface area contributed by atoms with E-state index < -0.39 is 35.9 Å². The maximum absolute atomic E-state index is 13.8. The summed E-state index contributed by atoms with van der Waals surface area (Å²) < 4.78 is 63.8. The maximum Gasteiger partial charge on any atom is 0.351 e. The molecule has 2 nitrogen and oxygen atoms in total. The molecule has 0 radical (unpaired) electrons. The number of hydrogen-bond acceptors (Lipinski definition) is 2. The zero-order chi connectivity index (χ0) is 12.2. The SMILES string of the molecule is C=COC1(C2CO2)CC(C)C(F)(F)C1(F)F. The minimum absolute atomic E-state index is 0.0201. The molecule has 2 rings (SSSR count). The first-order chi connectivity index (χ1) is 7.29. The van der Waals surface area contributed by atoms with Crippen molar-refractivity contribution in [3.8, 4) is 0 Å². The van der Waals surface area contributed by atoms with Crippen LogP contribution in [0.2, 0.25) is 0 Å². The Hall–Kier alpha value is -0.780. The summed E-state index contributed by atoms with van der Waals surface area (Å²) >= 11 is 0. The number of rotatable bonds is 3. The molecule has 2 fully saturated rings. The van der Waals surface area contributed by atoms with Gasteiger partial charge in [0.2, 0.25) is 5.60 Å². The molecule has 0 aromatic carbocycles. The summed E-state index contributed by atoms with van der Waals surface area (Å²) in [6, 6.07) is 0. The minimum atomic E-state index is -4.24. The van der Waals surface area contributed by atoms with Crippen LogP contribution in [-0.2, 0) is 9.47 Å². The molecule has 0 amide bonds. The van der Waals surface area contributed by atoms with Crippen LogP contribution in [0.5, 0.6) is 0 Å². The minimum Gasteiger partial charge on any atom is -0.486 e. The molecule has 0 N–H and O–H groups in total. The number of ether oxygens (including phenoxy) is 2. The lowest BCUT2D eigenvalue weighted by Crippen LogP contribution is -2.56. The van der Waals surface area contributed by atoms with E-state index in [2.05, 4.69) is 6.58 Å². The zero-order valence-corrected chi connectivity index (χ0v) is 8.68. The Balaban J connectivity index is 2.43. The van der Waals surface area contributed by atoms with E-state index in [1.807, 2.05) is 0 Å². The van der Waals surface area contributed by atoms with Crippen molar-refractivity contribution in [2.45, 2.75) is 36.9 Å². The van der Waals surface area contributed by atoms with Gasteiger partial charge in [-0.15, -0.1) is 0 Å². The van der Waals surface area contributed by atoms with Gasteiger partial charge in [-0.2, -0.15) is 17.6 Å². The van der Waals surface area contributed by atoms with Gasteiger partial charge in [0.1, 0.15) is 6.10 Å². The summed E-state index contributed by atoms with van der Waals surface area (Å²) in [6.45, 7) is 4.27. The quantitative estimate of drug-likeness (QED) is 0.429. The molecule has 92 valence electrons. The van der Waals surface area contributed by atoms with Gasteiger partial charge in [0.15, 0.2) is 0 Å². The lowest BCUT2D eigenvalue weighted by atomic mass is 9.93. The molecule has 0 aromatic heterocycles. The second-order valence-corrected chi connectivity index (χ2v) is 4.30. The molecule has 1 aliphatic heterocycles. The fourth-order valence-electron chi connectivity index (χ4n) is 2.30. The van der Waals surface area contributed by atoms with E-state index in [9.17, 15) is 17.6 Å². The van der Waals surface area contributed by atoms with Gasteiger partial charge >= 0.3 is 11.8 Å². The molecule has 0 aromatic rings. The predicted octanol–water partition coefficient (Wildman–Crippen LogP) is 2.59. The van der Waals surface area contributed by atoms with E-state index in [-0.39, 0.29) is 6.61 Å². The van der Waals surface area contributed by atoms with Crippen molar-refractivity contribution in [1.82, 2.24) is 0 Å². The van der Waals surface area contributed by atoms with Gasteiger partial charge in [-0.25, -0.2) is 0 Å². The molecule has 2 aliphatic rings. The molecule has 6 heteroatoms. The Morgan fingerprint density at radius 2 is 1.94 bits per heavy atom. The molecule has 0 bridgehead atoms. The first-order valence-electron chi connectivity index (χ1n) is 4.95. The average molecular weight is 240 g/mol. The fraction of sp³-hybridized carbons (Fsp3) is 0.800. The summed E-state index contributed by atoms with van der Waals surface area (Å²) in [5.41, 5.74) is -2.27. The van der Waals surface area contributed by atoms with Crippen molar-refractivity contribution in [1.29, 1.82) is 0 Å². The molecule has 16 heavy (non-hydrogen) atoms. The van der Waals surface area contributed by atoms with Crippen LogP contribution < -0.4 is 0 Å². The Morgan fingerprint density at radius 1 is 1.38 bits per heavy atom. The van der Waals surface area contributed by atoms with Gasteiger partial charge in [0.25, 0.3) is 0 Å². The van der Waals surface area contributed by atoms with E-state index in [1.54, 1.807) is 0 Å². The van der Waals surface area contributed by atoms with Gasteiger partial charge in [0.05, 0.1) is 12.9 Å².